The van der Waals surface area contributed by atoms with E-state index in [1.807, 2.05) is 7.85 Å². The minimum absolute atomic E-state index is 0.533. The van der Waals surface area contributed by atoms with E-state index < -0.39 is 0 Å². The first-order valence-corrected chi connectivity index (χ1v) is 2.96. The van der Waals surface area contributed by atoms with E-state index in [0.29, 0.717) is 11.4 Å². The lowest BCUT2D eigenvalue weighted by Gasteiger charge is -1.97. The molecule has 0 amide bonds. The first-order valence-electron chi connectivity index (χ1n) is 2.96. The van der Waals surface area contributed by atoms with Gasteiger partial charge in [0.1, 0.15) is 13.5 Å². The fourth-order valence-corrected chi connectivity index (χ4v) is 0.723. The lowest BCUT2D eigenvalue weighted by molar-refractivity contribution is 1.31. The maximum atomic E-state index is 6.89. The van der Waals surface area contributed by atoms with Crippen LogP contribution in [-0.2, 0) is 0 Å². The van der Waals surface area contributed by atoms with Gasteiger partial charge >= 0.3 is 0 Å². The summed E-state index contributed by atoms with van der Waals surface area (Å²) < 4.78 is 0. The number of hydrogen-bond acceptors (Lipinski definition) is 3. The van der Waals surface area contributed by atoms with Gasteiger partial charge in [-0.15, -0.1) is 0 Å². The Morgan fingerprint density at radius 3 is 2.90 bits per heavy atom. The normalized spacial score (nSPS) is 9.20. The minimum atomic E-state index is 0.533. The van der Waals surface area contributed by atoms with E-state index in [2.05, 4.69) is 4.98 Å². The standard InChI is InChI=1S/C6H8BN3/c7-4-1-5(9)6(2-8)10-3-4/h1-3,8H,7,9H2. The number of nitrogens with zero attached hydrogens (tertiary/aromatic N) is 1. The third kappa shape index (κ3) is 1.15. The highest BCUT2D eigenvalue weighted by atomic mass is 14.7. The Labute approximate surface area is 60.2 Å². The molecule has 0 unspecified atom stereocenters. The smallest absolute Gasteiger partial charge is 0.141 e. The molecule has 0 aliphatic carbocycles. The molecule has 0 saturated heterocycles. The first-order chi connectivity index (χ1) is 4.74. The van der Waals surface area contributed by atoms with Crippen LogP contribution in [0.3, 0.4) is 0 Å². The molecule has 50 valence electrons. The van der Waals surface area contributed by atoms with Crippen molar-refractivity contribution in [1.29, 1.82) is 5.41 Å². The number of nitrogens with one attached hydrogen (secondary N) is 1. The SMILES string of the molecule is Bc1cnc(C=N)c(N)c1. The molecule has 0 aromatic carbocycles. The summed E-state index contributed by atoms with van der Waals surface area (Å²) in [6, 6.07) is 1.80. The van der Waals surface area contributed by atoms with Gasteiger partial charge in [0.2, 0.25) is 0 Å². The summed E-state index contributed by atoms with van der Waals surface area (Å²) in [7, 11) is 1.91. The van der Waals surface area contributed by atoms with Gasteiger partial charge in [-0.3, -0.25) is 4.98 Å². The molecule has 0 aliphatic heterocycles. The van der Waals surface area contributed by atoms with E-state index >= 15 is 0 Å². The van der Waals surface area contributed by atoms with Crippen LogP contribution < -0.4 is 11.2 Å². The summed E-state index contributed by atoms with van der Waals surface area (Å²) in [5, 5.41) is 6.89. The predicted octanol–water partition coefficient (Wildman–Crippen LogP) is -1.08. The highest BCUT2D eigenvalue weighted by Crippen LogP contribution is 2.00. The number of aromatic nitrogens is 1. The van der Waals surface area contributed by atoms with Crippen LogP contribution in [0.1, 0.15) is 5.69 Å². The van der Waals surface area contributed by atoms with Gasteiger partial charge in [0.05, 0.1) is 5.69 Å². The largest absolute Gasteiger partial charge is 0.397 e. The van der Waals surface area contributed by atoms with Crippen LogP contribution >= 0.6 is 0 Å². The fraction of sp³-hybridized carbons (Fsp3) is 0. The average Bonchev–Trinajstić information content (AvgIpc) is 1.88. The Balaban J connectivity index is 3.19. The Bertz CT molecular complexity index is 259. The third-order valence-corrected chi connectivity index (χ3v) is 1.22. The Morgan fingerprint density at radius 2 is 2.40 bits per heavy atom. The van der Waals surface area contributed by atoms with E-state index in [9.17, 15) is 0 Å². The molecule has 0 bridgehead atoms. The van der Waals surface area contributed by atoms with Gasteiger partial charge in [-0.05, 0) is 6.07 Å². The molecule has 1 aromatic rings. The van der Waals surface area contributed by atoms with Crippen molar-refractivity contribution < 1.29 is 0 Å². The monoisotopic (exact) mass is 133 g/mol. The van der Waals surface area contributed by atoms with Crippen LogP contribution in [-0.4, -0.2) is 19.0 Å². The van der Waals surface area contributed by atoms with Gasteiger partial charge in [-0.1, -0.05) is 5.46 Å². The van der Waals surface area contributed by atoms with Gasteiger partial charge in [0.25, 0.3) is 0 Å². The molecule has 0 aliphatic rings. The van der Waals surface area contributed by atoms with E-state index in [4.69, 9.17) is 11.1 Å². The van der Waals surface area contributed by atoms with Crippen molar-refractivity contribution in [3.05, 3.63) is 18.0 Å². The maximum absolute atomic E-state index is 6.89. The second-order valence-corrected chi connectivity index (χ2v) is 2.13. The Hall–Kier alpha value is -1.32. The van der Waals surface area contributed by atoms with Crippen molar-refractivity contribution in [3.63, 3.8) is 0 Å². The topological polar surface area (TPSA) is 62.8 Å². The molecule has 0 saturated carbocycles. The average molecular weight is 133 g/mol. The molecule has 10 heavy (non-hydrogen) atoms. The number of pyridine rings is 1. The van der Waals surface area contributed by atoms with Crippen molar-refractivity contribution >= 4 is 25.2 Å². The predicted molar refractivity (Wildman–Crippen MR) is 44.7 cm³/mol. The lowest BCUT2D eigenvalue weighted by atomic mass is 9.98. The molecule has 1 aromatic heterocycles. The zero-order valence-corrected chi connectivity index (χ0v) is 5.76. The van der Waals surface area contributed by atoms with E-state index in [1.54, 1.807) is 12.3 Å². The molecule has 1 heterocycles. The number of nitrogen functional groups attached to an aromatic ring is 1. The van der Waals surface area contributed by atoms with Crippen molar-refractivity contribution in [3.8, 4) is 0 Å². The highest BCUT2D eigenvalue weighted by Gasteiger charge is 1.94. The molecule has 0 atom stereocenters. The van der Waals surface area contributed by atoms with Crippen LogP contribution in [0.25, 0.3) is 0 Å². The number of rotatable bonds is 1. The number of anilines is 1. The van der Waals surface area contributed by atoms with Gasteiger partial charge in [-0.2, -0.15) is 0 Å². The second kappa shape index (κ2) is 2.52. The maximum Gasteiger partial charge on any atom is 0.141 e. The molecule has 0 fully saturated rings. The molecule has 3 nitrogen and oxygen atoms in total. The highest BCUT2D eigenvalue weighted by molar-refractivity contribution is 6.32. The Kier molecular flexibility index (Phi) is 1.71. The zero-order valence-electron chi connectivity index (χ0n) is 5.76. The summed E-state index contributed by atoms with van der Waals surface area (Å²) in [6.07, 6.45) is 2.84. The molecule has 3 N–H and O–H groups in total. The first kappa shape index (κ1) is 6.80. The number of nitrogens with two attached hydrogens (primary N) is 1. The molecule has 0 radical (unpaired) electrons. The van der Waals surface area contributed by atoms with E-state index in [1.165, 1.54) is 0 Å². The second-order valence-electron chi connectivity index (χ2n) is 2.13. The van der Waals surface area contributed by atoms with Crippen molar-refractivity contribution in [1.82, 2.24) is 4.98 Å². The molecular formula is C6H8BN3. The van der Waals surface area contributed by atoms with Crippen LogP contribution in [0.4, 0.5) is 5.69 Å². The molecule has 0 spiro atoms. The molecular weight excluding hydrogens is 125 g/mol. The molecule has 4 heteroatoms. The summed E-state index contributed by atoms with van der Waals surface area (Å²) in [5.41, 5.74) is 7.63. The van der Waals surface area contributed by atoms with E-state index in [-0.39, 0.29) is 0 Å². The van der Waals surface area contributed by atoms with Gasteiger partial charge in [0.15, 0.2) is 0 Å². The van der Waals surface area contributed by atoms with Crippen LogP contribution in [0.2, 0.25) is 0 Å². The minimum Gasteiger partial charge on any atom is -0.397 e. The fourth-order valence-electron chi connectivity index (χ4n) is 0.723. The Morgan fingerprint density at radius 1 is 1.70 bits per heavy atom. The van der Waals surface area contributed by atoms with Crippen molar-refractivity contribution in [2.24, 2.45) is 0 Å². The summed E-state index contributed by atoms with van der Waals surface area (Å²) in [5.74, 6) is 0. The van der Waals surface area contributed by atoms with Gasteiger partial charge < -0.3 is 11.1 Å². The van der Waals surface area contributed by atoms with E-state index in [0.717, 1.165) is 11.7 Å². The zero-order chi connectivity index (χ0) is 7.56. The van der Waals surface area contributed by atoms with Crippen molar-refractivity contribution in [2.75, 3.05) is 5.73 Å². The van der Waals surface area contributed by atoms with Gasteiger partial charge in [-0.25, -0.2) is 0 Å². The van der Waals surface area contributed by atoms with Crippen LogP contribution in [0.5, 0.6) is 0 Å². The summed E-state index contributed by atoms with van der Waals surface area (Å²) >= 11 is 0. The number of hydrogen-bond donors (Lipinski definition) is 2. The lowest BCUT2D eigenvalue weighted by Crippen LogP contribution is -2.07. The van der Waals surface area contributed by atoms with Gasteiger partial charge in [0, 0.05) is 12.4 Å². The molecule has 1 rings (SSSR count). The summed E-state index contributed by atoms with van der Waals surface area (Å²) in [6.45, 7) is 0. The van der Waals surface area contributed by atoms with Crippen molar-refractivity contribution in [2.45, 2.75) is 0 Å². The van der Waals surface area contributed by atoms with Crippen LogP contribution in [0.15, 0.2) is 12.3 Å². The quantitative estimate of drug-likeness (QED) is 0.378. The summed E-state index contributed by atoms with van der Waals surface area (Å²) in [4.78, 5) is 3.93. The third-order valence-electron chi connectivity index (χ3n) is 1.22. The van der Waals surface area contributed by atoms with Crippen LogP contribution in [0, 0.1) is 5.41 Å².